The molecule has 0 amide bonds. The third-order valence-corrected chi connectivity index (χ3v) is 2.29. The Morgan fingerprint density at radius 2 is 2.00 bits per heavy atom. The zero-order chi connectivity index (χ0) is 13.2. The predicted octanol–water partition coefficient (Wildman–Crippen LogP) is 1.28. The highest BCUT2D eigenvalue weighted by molar-refractivity contribution is 5.89. The lowest BCUT2D eigenvalue weighted by Crippen LogP contribution is -2.09. The molecule has 5 heteroatoms. The molecule has 0 saturated carbocycles. The van der Waals surface area contributed by atoms with Gasteiger partial charge in [0.25, 0.3) is 0 Å². The smallest absolute Gasteiger partial charge is 0.338 e. The molecule has 0 fully saturated rings. The molecule has 18 heavy (non-hydrogen) atoms. The highest BCUT2D eigenvalue weighted by atomic mass is 16.5. The van der Waals surface area contributed by atoms with Crippen molar-refractivity contribution in [2.24, 2.45) is 0 Å². The van der Waals surface area contributed by atoms with E-state index < -0.39 is 0 Å². The Morgan fingerprint density at radius 1 is 1.28 bits per heavy atom. The quantitative estimate of drug-likeness (QED) is 0.539. The van der Waals surface area contributed by atoms with Gasteiger partial charge in [-0.1, -0.05) is 0 Å². The van der Waals surface area contributed by atoms with Crippen molar-refractivity contribution in [3.63, 3.8) is 0 Å². The van der Waals surface area contributed by atoms with Crippen molar-refractivity contribution in [1.29, 1.82) is 0 Å². The molecule has 0 aliphatic heterocycles. The maximum atomic E-state index is 11.6. The molecule has 2 N–H and O–H groups in total. The normalized spacial score (nSPS) is 10.1. The first-order valence-electron chi connectivity index (χ1n) is 5.88. The molecular formula is C13H19NO4. The van der Waals surface area contributed by atoms with Crippen molar-refractivity contribution in [2.75, 3.05) is 38.8 Å². The zero-order valence-corrected chi connectivity index (χ0v) is 10.5. The van der Waals surface area contributed by atoms with Gasteiger partial charge in [0.2, 0.25) is 0 Å². The molecule has 0 saturated heterocycles. The summed E-state index contributed by atoms with van der Waals surface area (Å²) in [4.78, 5) is 11.6. The van der Waals surface area contributed by atoms with Gasteiger partial charge in [-0.05, 0) is 24.3 Å². The average molecular weight is 253 g/mol. The largest absolute Gasteiger partial charge is 0.462 e. The van der Waals surface area contributed by atoms with Crippen LogP contribution in [0.5, 0.6) is 0 Å². The number of benzene rings is 1. The fourth-order valence-corrected chi connectivity index (χ4v) is 1.38. The Hall–Kier alpha value is -1.59. The van der Waals surface area contributed by atoms with E-state index in [0.717, 1.165) is 5.69 Å². The number of nitrogens with one attached hydrogen (secondary N) is 1. The van der Waals surface area contributed by atoms with Crippen LogP contribution in [0.25, 0.3) is 0 Å². The molecule has 100 valence electrons. The first-order chi connectivity index (χ1) is 8.77. The number of methoxy groups -OCH3 is 1. The molecule has 0 spiro atoms. The third kappa shape index (κ3) is 5.16. The minimum atomic E-state index is -0.334. The van der Waals surface area contributed by atoms with E-state index in [2.05, 4.69) is 5.32 Å². The number of esters is 1. The van der Waals surface area contributed by atoms with Crippen LogP contribution < -0.4 is 5.32 Å². The molecule has 1 aromatic carbocycles. The molecule has 0 heterocycles. The topological polar surface area (TPSA) is 67.8 Å². The van der Waals surface area contributed by atoms with E-state index in [-0.39, 0.29) is 12.6 Å². The molecule has 0 aliphatic carbocycles. The van der Waals surface area contributed by atoms with Gasteiger partial charge < -0.3 is 19.9 Å². The maximum Gasteiger partial charge on any atom is 0.338 e. The van der Waals surface area contributed by atoms with Crippen molar-refractivity contribution in [3.8, 4) is 0 Å². The first-order valence-corrected chi connectivity index (χ1v) is 5.88. The first kappa shape index (κ1) is 14.5. The van der Waals surface area contributed by atoms with Crippen LogP contribution in [-0.4, -0.2) is 44.6 Å². The monoisotopic (exact) mass is 253 g/mol. The highest BCUT2D eigenvalue weighted by Gasteiger charge is 2.06. The summed E-state index contributed by atoms with van der Waals surface area (Å²) >= 11 is 0. The van der Waals surface area contributed by atoms with Gasteiger partial charge in [-0.15, -0.1) is 0 Å². The van der Waals surface area contributed by atoms with Crippen LogP contribution in [0, 0.1) is 0 Å². The van der Waals surface area contributed by atoms with Crippen LogP contribution in [0.1, 0.15) is 16.8 Å². The number of anilines is 1. The number of ether oxygens (including phenoxy) is 2. The summed E-state index contributed by atoms with van der Waals surface area (Å²) in [6.07, 6.45) is 0.693. The van der Waals surface area contributed by atoms with E-state index in [9.17, 15) is 4.79 Å². The van der Waals surface area contributed by atoms with Crippen LogP contribution >= 0.6 is 0 Å². The maximum absolute atomic E-state index is 11.6. The Kier molecular flexibility index (Phi) is 6.83. The second kappa shape index (κ2) is 8.49. The van der Waals surface area contributed by atoms with Gasteiger partial charge in [-0.25, -0.2) is 4.79 Å². The van der Waals surface area contributed by atoms with Gasteiger partial charge in [0.05, 0.1) is 18.8 Å². The standard InChI is InChI=1S/C13H19NO4/c1-17-9-2-10-18-13(16)11-3-5-12(6-4-11)14-7-8-15/h3-6,14-15H,2,7-10H2,1H3. The Morgan fingerprint density at radius 3 is 2.61 bits per heavy atom. The second-order valence-electron chi connectivity index (χ2n) is 3.71. The summed E-state index contributed by atoms with van der Waals surface area (Å²) in [5.74, 6) is -0.334. The molecule has 0 atom stereocenters. The van der Waals surface area contributed by atoms with Gasteiger partial charge in [0.15, 0.2) is 0 Å². The zero-order valence-electron chi connectivity index (χ0n) is 10.5. The van der Waals surface area contributed by atoms with Crippen LogP contribution in [-0.2, 0) is 9.47 Å². The molecule has 0 radical (unpaired) electrons. The molecule has 0 aromatic heterocycles. The fraction of sp³-hybridized carbons (Fsp3) is 0.462. The summed E-state index contributed by atoms with van der Waals surface area (Å²) in [6, 6.07) is 6.94. The molecule has 0 unspecified atom stereocenters. The van der Waals surface area contributed by atoms with E-state index in [1.807, 2.05) is 0 Å². The number of carbonyl (C=O) groups is 1. The summed E-state index contributed by atoms with van der Waals surface area (Å²) < 4.78 is 9.93. The molecule has 0 aliphatic rings. The van der Waals surface area contributed by atoms with Crippen molar-refractivity contribution >= 4 is 11.7 Å². The van der Waals surface area contributed by atoms with Crippen LogP contribution in [0.4, 0.5) is 5.69 Å². The predicted molar refractivity (Wildman–Crippen MR) is 68.8 cm³/mol. The lowest BCUT2D eigenvalue weighted by Gasteiger charge is -2.06. The average Bonchev–Trinajstić information content (AvgIpc) is 2.41. The SMILES string of the molecule is COCCCOC(=O)c1ccc(NCCO)cc1. The molecule has 1 aromatic rings. The summed E-state index contributed by atoms with van der Waals surface area (Å²) in [6.45, 7) is 1.50. The molecular weight excluding hydrogens is 234 g/mol. The fourth-order valence-electron chi connectivity index (χ4n) is 1.38. The van der Waals surface area contributed by atoms with Crippen LogP contribution in [0.2, 0.25) is 0 Å². The Bertz CT molecular complexity index is 351. The Balaban J connectivity index is 2.38. The lowest BCUT2D eigenvalue weighted by molar-refractivity contribution is 0.0468. The lowest BCUT2D eigenvalue weighted by atomic mass is 10.2. The minimum absolute atomic E-state index is 0.0727. The number of aliphatic hydroxyl groups is 1. The van der Waals surface area contributed by atoms with E-state index in [0.29, 0.717) is 31.7 Å². The number of aliphatic hydroxyl groups excluding tert-OH is 1. The minimum Gasteiger partial charge on any atom is -0.462 e. The van der Waals surface area contributed by atoms with Crippen LogP contribution in [0.3, 0.4) is 0 Å². The van der Waals surface area contributed by atoms with E-state index >= 15 is 0 Å². The number of hydrogen-bond donors (Lipinski definition) is 2. The molecule has 0 bridgehead atoms. The van der Waals surface area contributed by atoms with Crippen molar-refractivity contribution in [2.45, 2.75) is 6.42 Å². The van der Waals surface area contributed by atoms with Crippen molar-refractivity contribution in [3.05, 3.63) is 29.8 Å². The second-order valence-corrected chi connectivity index (χ2v) is 3.71. The van der Waals surface area contributed by atoms with Crippen molar-refractivity contribution in [1.82, 2.24) is 0 Å². The van der Waals surface area contributed by atoms with E-state index in [4.69, 9.17) is 14.6 Å². The number of carbonyl (C=O) groups excluding carboxylic acids is 1. The number of rotatable bonds is 8. The third-order valence-electron chi connectivity index (χ3n) is 2.29. The summed E-state index contributed by atoms with van der Waals surface area (Å²) in [7, 11) is 1.61. The van der Waals surface area contributed by atoms with Crippen molar-refractivity contribution < 1.29 is 19.4 Å². The van der Waals surface area contributed by atoms with Gasteiger partial charge in [-0.3, -0.25) is 0 Å². The van der Waals surface area contributed by atoms with Gasteiger partial charge in [0, 0.05) is 32.4 Å². The molecule has 5 nitrogen and oxygen atoms in total. The Labute approximate surface area is 107 Å². The van der Waals surface area contributed by atoms with E-state index in [1.165, 1.54) is 0 Å². The van der Waals surface area contributed by atoms with Crippen LogP contribution in [0.15, 0.2) is 24.3 Å². The molecule has 1 rings (SSSR count). The number of hydrogen-bond acceptors (Lipinski definition) is 5. The highest BCUT2D eigenvalue weighted by Crippen LogP contribution is 2.10. The van der Waals surface area contributed by atoms with Gasteiger partial charge in [0.1, 0.15) is 0 Å². The van der Waals surface area contributed by atoms with Gasteiger partial charge >= 0.3 is 5.97 Å². The summed E-state index contributed by atoms with van der Waals surface area (Å²) in [5, 5.41) is 11.7. The van der Waals surface area contributed by atoms with E-state index in [1.54, 1.807) is 31.4 Å². The summed E-state index contributed by atoms with van der Waals surface area (Å²) in [5.41, 5.74) is 1.38. The van der Waals surface area contributed by atoms with Gasteiger partial charge in [-0.2, -0.15) is 0 Å².